The van der Waals surface area contributed by atoms with Gasteiger partial charge in [0.2, 0.25) is 5.91 Å². The highest BCUT2D eigenvalue weighted by Crippen LogP contribution is 2.19. The molecule has 0 aromatic carbocycles. The first-order valence-electron chi connectivity index (χ1n) is 6.06. The molecule has 0 bridgehead atoms. The number of carbonyl (C=O) groups is 1. The summed E-state index contributed by atoms with van der Waals surface area (Å²) in [5, 5.41) is 0. The lowest BCUT2D eigenvalue weighted by Crippen LogP contribution is -2.34. The molecule has 0 aromatic heterocycles. The minimum absolute atomic E-state index is 0.333. The number of hydrogen-bond donors (Lipinski definition) is 0. The summed E-state index contributed by atoms with van der Waals surface area (Å²) >= 11 is 0. The maximum atomic E-state index is 11.5. The molecule has 0 radical (unpaired) electrons. The Hall–Kier alpha value is -0.570. The Morgan fingerprint density at radius 2 is 2.20 bits per heavy atom. The van der Waals surface area contributed by atoms with E-state index >= 15 is 0 Å². The Balaban J connectivity index is 2.38. The quantitative estimate of drug-likeness (QED) is 0.691. The van der Waals surface area contributed by atoms with Crippen LogP contribution in [0, 0.1) is 5.92 Å². The van der Waals surface area contributed by atoms with Crippen LogP contribution < -0.4 is 0 Å². The van der Waals surface area contributed by atoms with Crippen molar-refractivity contribution < 1.29 is 4.79 Å². The zero-order chi connectivity index (χ0) is 11.4. The van der Waals surface area contributed by atoms with Gasteiger partial charge >= 0.3 is 0 Å². The summed E-state index contributed by atoms with van der Waals surface area (Å²) in [6, 6.07) is 0.621. The zero-order valence-corrected chi connectivity index (χ0v) is 10.5. The Morgan fingerprint density at radius 3 is 2.67 bits per heavy atom. The minimum Gasteiger partial charge on any atom is -0.343 e. The SMILES string of the molecule is CCC(C)N(C)CC1CC(=O)N(CC)C1. The second kappa shape index (κ2) is 5.50. The lowest BCUT2D eigenvalue weighted by Gasteiger charge is -2.26. The molecule has 0 spiro atoms. The van der Waals surface area contributed by atoms with E-state index < -0.39 is 0 Å². The standard InChI is InChI=1S/C12H24N2O/c1-5-10(3)13(4)8-11-7-12(15)14(6-2)9-11/h10-11H,5-9H2,1-4H3. The van der Waals surface area contributed by atoms with E-state index in [9.17, 15) is 4.79 Å². The summed E-state index contributed by atoms with van der Waals surface area (Å²) in [5.74, 6) is 0.872. The molecule has 0 aromatic rings. The molecule has 1 fully saturated rings. The molecule has 1 rings (SSSR count). The monoisotopic (exact) mass is 212 g/mol. The van der Waals surface area contributed by atoms with Crippen LogP contribution in [-0.2, 0) is 4.79 Å². The van der Waals surface area contributed by atoms with E-state index in [1.54, 1.807) is 0 Å². The number of carbonyl (C=O) groups excluding carboxylic acids is 1. The van der Waals surface area contributed by atoms with Crippen molar-refractivity contribution in [2.24, 2.45) is 5.92 Å². The fourth-order valence-corrected chi connectivity index (χ4v) is 2.18. The number of likely N-dealkylation sites (tertiary alicyclic amines) is 1. The molecule has 0 aliphatic carbocycles. The highest BCUT2D eigenvalue weighted by atomic mass is 16.2. The van der Waals surface area contributed by atoms with Crippen LogP contribution in [0.4, 0.5) is 0 Å². The van der Waals surface area contributed by atoms with Crippen LogP contribution in [0.2, 0.25) is 0 Å². The number of hydrogen-bond acceptors (Lipinski definition) is 2. The smallest absolute Gasteiger partial charge is 0.222 e. The predicted molar refractivity (Wildman–Crippen MR) is 62.7 cm³/mol. The molecule has 1 aliphatic rings. The minimum atomic E-state index is 0.333. The fraction of sp³-hybridized carbons (Fsp3) is 0.917. The highest BCUT2D eigenvalue weighted by molar-refractivity contribution is 5.78. The topological polar surface area (TPSA) is 23.6 Å². The first-order chi connectivity index (χ1) is 7.08. The summed E-state index contributed by atoms with van der Waals surface area (Å²) in [6.07, 6.45) is 1.92. The summed E-state index contributed by atoms with van der Waals surface area (Å²) in [7, 11) is 2.16. The maximum absolute atomic E-state index is 11.5. The summed E-state index contributed by atoms with van der Waals surface area (Å²) < 4.78 is 0. The molecule has 2 unspecified atom stereocenters. The van der Waals surface area contributed by atoms with Crippen molar-refractivity contribution >= 4 is 5.91 Å². The van der Waals surface area contributed by atoms with Crippen molar-refractivity contribution in [3.8, 4) is 0 Å². The molecule has 1 amide bonds. The Morgan fingerprint density at radius 1 is 1.53 bits per heavy atom. The van der Waals surface area contributed by atoms with Gasteiger partial charge in [-0.1, -0.05) is 6.92 Å². The molecule has 0 saturated carbocycles. The van der Waals surface area contributed by atoms with E-state index in [0.717, 1.165) is 26.1 Å². The molecule has 88 valence electrons. The fourth-order valence-electron chi connectivity index (χ4n) is 2.18. The van der Waals surface area contributed by atoms with E-state index in [2.05, 4.69) is 32.7 Å². The van der Waals surface area contributed by atoms with Gasteiger partial charge in [-0.25, -0.2) is 0 Å². The summed E-state index contributed by atoms with van der Waals surface area (Å²) in [6.45, 7) is 9.38. The lowest BCUT2D eigenvalue weighted by molar-refractivity contribution is -0.127. The van der Waals surface area contributed by atoms with Gasteiger partial charge in [0.05, 0.1) is 0 Å². The van der Waals surface area contributed by atoms with Crippen LogP contribution in [0.15, 0.2) is 0 Å². The molecule has 3 heteroatoms. The van der Waals surface area contributed by atoms with Gasteiger partial charge in [-0.2, -0.15) is 0 Å². The third-order valence-electron chi connectivity index (χ3n) is 3.57. The van der Waals surface area contributed by atoms with Gasteiger partial charge in [0, 0.05) is 32.1 Å². The van der Waals surface area contributed by atoms with Crippen molar-refractivity contribution in [3.05, 3.63) is 0 Å². The van der Waals surface area contributed by atoms with Gasteiger partial charge in [-0.15, -0.1) is 0 Å². The van der Waals surface area contributed by atoms with Crippen LogP contribution in [0.3, 0.4) is 0 Å². The average Bonchev–Trinajstić information content (AvgIpc) is 2.57. The zero-order valence-electron chi connectivity index (χ0n) is 10.5. The van der Waals surface area contributed by atoms with Crippen molar-refractivity contribution in [2.45, 2.75) is 39.7 Å². The third-order valence-corrected chi connectivity index (χ3v) is 3.57. The van der Waals surface area contributed by atoms with Crippen molar-refractivity contribution in [3.63, 3.8) is 0 Å². The molecule has 15 heavy (non-hydrogen) atoms. The van der Waals surface area contributed by atoms with E-state index in [1.807, 2.05) is 4.90 Å². The molecular weight excluding hydrogens is 188 g/mol. The van der Waals surface area contributed by atoms with E-state index in [4.69, 9.17) is 0 Å². The highest BCUT2D eigenvalue weighted by Gasteiger charge is 2.29. The van der Waals surface area contributed by atoms with Gasteiger partial charge in [0.25, 0.3) is 0 Å². The molecular formula is C12H24N2O. The second-order valence-electron chi connectivity index (χ2n) is 4.70. The van der Waals surface area contributed by atoms with E-state index in [1.165, 1.54) is 6.42 Å². The van der Waals surface area contributed by atoms with Crippen LogP contribution in [0.1, 0.15) is 33.6 Å². The van der Waals surface area contributed by atoms with Gasteiger partial charge in [-0.3, -0.25) is 4.79 Å². The van der Waals surface area contributed by atoms with Crippen molar-refractivity contribution in [1.82, 2.24) is 9.80 Å². The first kappa shape index (κ1) is 12.5. The Kier molecular flexibility index (Phi) is 4.58. The average molecular weight is 212 g/mol. The Labute approximate surface area is 93.4 Å². The number of amides is 1. The van der Waals surface area contributed by atoms with Gasteiger partial charge in [-0.05, 0) is 33.2 Å². The van der Waals surface area contributed by atoms with Crippen LogP contribution in [-0.4, -0.2) is 48.4 Å². The molecule has 3 nitrogen and oxygen atoms in total. The van der Waals surface area contributed by atoms with Crippen molar-refractivity contribution in [2.75, 3.05) is 26.7 Å². The predicted octanol–water partition coefficient (Wildman–Crippen LogP) is 1.59. The van der Waals surface area contributed by atoms with Gasteiger partial charge < -0.3 is 9.80 Å². The largest absolute Gasteiger partial charge is 0.343 e. The van der Waals surface area contributed by atoms with Crippen molar-refractivity contribution in [1.29, 1.82) is 0 Å². The number of nitrogens with zero attached hydrogens (tertiary/aromatic N) is 2. The lowest BCUT2D eigenvalue weighted by atomic mass is 10.1. The van der Waals surface area contributed by atoms with Crippen LogP contribution in [0.25, 0.3) is 0 Å². The van der Waals surface area contributed by atoms with E-state index in [-0.39, 0.29) is 0 Å². The Bertz CT molecular complexity index is 218. The molecule has 0 N–H and O–H groups in total. The summed E-state index contributed by atoms with van der Waals surface area (Å²) in [4.78, 5) is 15.9. The molecule has 1 aliphatic heterocycles. The molecule has 1 saturated heterocycles. The third kappa shape index (κ3) is 3.20. The second-order valence-corrected chi connectivity index (χ2v) is 4.70. The van der Waals surface area contributed by atoms with Gasteiger partial charge in [0.1, 0.15) is 0 Å². The van der Waals surface area contributed by atoms with E-state index in [0.29, 0.717) is 17.9 Å². The normalized spacial score (nSPS) is 23.9. The number of rotatable bonds is 5. The summed E-state index contributed by atoms with van der Waals surface area (Å²) in [5.41, 5.74) is 0. The first-order valence-corrected chi connectivity index (χ1v) is 6.06. The molecule has 2 atom stereocenters. The van der Waals surface area contributed by atoms with Crippen LogP contribution >= 0.6 is 0 Å². The van der Waals surface area contributed by atoms with Crippen LogP contribution in [0.5, 0.6) is 0 Å². The maximum Gasteiger partial charge on any atom is 0.222 e. The molecule has 1 heterocycles. The van der Waals surface area contributed by atoms with Gasteiger partial charge in [0.15, 0.2) is 0 Å².